The molecule has 14 unspecified atom stereocenters. The number of rotatable bonds is 6. The van der Waals surface area contributed by atoms with Crippen LogP contribution in [0.15, 0.2) is 182 Å². The third-order valence-corrected chi connectivity index (χ3v) is 18.1. The van der Waals surface area contributed by atoms with Crippen molar-refractivity contribution in [1.82, 2.24) is 25.8 Å². The molecule has 5 nitrogen and oxygen atoms in total. The highest BCUT2D eigenvalue weighted by Crippen LogP contribution is 2.68. The fourth-order valence-corrected chi connectivity index (χ4v) is 16.3. The number of fused-ring (bicyclic) bond motifs is 2. The van der Waals surface area contributed by atoms with E-state index in [0.29, 0.717) is 90.2 Å². The molecule has 8 aliphatic rings. The fourth-order valence-electron chi connectivity index (χ4n) is 16.3. The second kappa shape index (κ2) is 14.4. The molecule has 14 atom stereocenters. The molecule has 5 heterocycles. The van der Waals surface area contributed by atoms with Crippen LogP contribution in [0.5, 0.6) is 0 Å². The predicted molar refractivity (Wildman–Crippen MR) is 249 cm³/mol. The van der Waals surface area contributed by atoms with Crippen LogP contribution in [-0.4, -0.2) is 63.9 Å². The van der Waals surface area contributed by atoms with Gasteiger partial charge in [0.2, 0.25) is 0 Å². The van der Waals surface area contributed by atoms with Crippen molar-refractivity contribution in [2.75, 3.05) is 0 Å². The van der Waals surface area contributed by atoms with Crippen LogP contribution in [0.25, 0.3) is 0 Å². The van der Waals surface area contributed by atoms with Crippen molar-refractivity contribution in [1.29, 1.82) is 0 Å². The molecule has 0 bridgehead atoms. The Hall–Kier alpha value is -4.82. The zero-order valence-electron chi connectivity index (χ0n) is 35.3. The highest BCUT2D eigenvalue weighted by Gasteiger charge is 2.75. The molecule has 6 heteroatoms. The number of hydrogen-bond acceptors (Lipinski definition) is 5. The lowest BCUT2D eigenvalue weighted by atomic mass is 9.22. The van der Waals surface area contributed by atoms with Crippen LogP contribution in [0.1, 0.15) is 83.3 Å². The molecule has 5 aliphatic heterocycles. The highest BCUT2D eigenvalue weighted by molar-refractivity contribution is 6.76. The van der Waals surface area contributed by atoms with Crippen molar-refractivity contribution in [2.45, 2.75) is 109 Å². The average Bonchev–Trinajstić information content (AvgIpc) is 3.96. The molecule has 62 heavy (non-hydrogen) atoms. The number of hydrazine groups is 2. The van der Waals surface area contributed by atoms with E-state index in [0.717, 1.165) is 0 Å². The van der Waals surface area contributed by atoms with Gasteiger partial charge in [0.05, 0.1) is 12.1 Å². The van der Waals surface area contributed by atoms with Gasteiger partial charge in [-0.1, -0.05) is 187 Å². The molecule has 0 aromatic heterocycles. The van der Waals surface area contributed by atoms with E-state index in [2.05, 4.69) is 208 Å². The first-order chi connectivity index (χ1) is 30.8. The van der Waals surface area contributed by atoms with E-state index in [4.69, 9.17) is 0 Å². The molecule has 0 spiro atoms. The lowest BCUT2D eigenvalue weighted by Gasteiger charge is -2.74. The monoisotopic (exact) mass is 809 g/mol. The number of piperazine rings is 2. The first-order valence-corrected chi connectivity index (χ1v) is 24.0. The topological polar surface area (TPSA) is 33.8 Å². The van der Waals surface area contributed by atoms with Crippen molar-refractivity contribution in [3.05, 3.63) is 210 Å². The Morgan fingerprint density at radius 2 is 0.742 bits per heavy atom. The largest absolute Gasteiger partial charge is 0.289 e. The molecule has 8 fully saturated rings. The zero-order valence-corrected chi connectivity index (χ0v) is 35.3. The molecule has 6 aromatic carbocycles. The van der Waals surface area contributed by atoms with Crippen LogP contribution in [-0.2, 0) is 0 Å². The van der Waals surface area contributed by atoms with Gasteiger partial charge in [0.25, 0.3) is 0 Å². The molecule has 0 radical (unpaired) electrons. The number of benzene rings is 6. The summed E-state index contributed by atoms with van der Waals surface area (Å²) in [6, 6.07) is 73.7. The van der Waals surface area contributed by atoms with E-state index in [-0.39, 0.29) is 12.1 Å². The maximum atomic E-state index is 4.48. The quantitative estimate of drug-likeness (QED) is 0.164. The minimum absolute atomic E-state index is 0.263. The van der Waals surface area contributed by atoms with Crippen LogP contribution in [0.2, 0.25) is 11.6 Å². The molecule has 6 aromatic rings. The van der Waals surface area contributed by atoms with Gasteiger partial charge in [-0.25, -0.2) is 20.9 Å². The maximum absolute atomic E-state index is 4.48. The van der Waals surface area contributed by atoms with Gasteiger partial charge < -0.3 is 0 Å². The Kier molecular flexibility index (Phi) is 8.48. The SMILES string of the molecule is c1ccc(B2C3CC(c4ccccc4)C4C(c5ccccc5)NN5C6CC(c7ccccc7)CC7C6N(C3C45)C3C2CC(c2ccccc2)C2C(c4ccccc4)NN7C23)cc1. The van der Waals surface area contributed by atoms with E-state index in [9.17, 15) is 0 Å². The molecule has 3 aliphatic carbocycles. The van der Waals surface area contributed by atoms with Gasteiger partial charge in [-0.2, -0.15) is 0 Å². The van der Waals surface area contributed by atoms with Gasteiger partial charge >= 0.3 is 0 Å². The standard InChI is InChI=1S/C56H56BN5/c1-7-19-35(20-8-1)40-31-46-54-47(32-40)62-56-49(51(59-62)39-27-15-5-16-28-39)43(37-23-11-3-12-24-37)34-45-53(56)60(54)52-44(57(45)41-29-17-6-18-30-41)33-42(36-21-9-2-10-22-36)48-50(58-61(46)55(48)52)38-25-13-4-14-26-38/h1-30,40,42-56,58-59H,31-34H2. The normalized spacial score (nSPS) is 39.0. The lowest BCUT2D eigenvalue weighted by Crippen LogP contribution is -2.87. The van der Waals surface area contributed by atoms with E-state index < -0.39 is 0 Å². The van der Waals surface area contributed by atoms with Crippen molar-refractivity contribution >= 4 is 12.2 Å². The third kappa shape index (κ3) is 5.28. The van der Waals surface area contributed by atoms with Gasteiger partial charge in [-0.15, -0.1) is 0 Å². The molecule has 308 valence electrons. The molecule has 3 saturated carbocycles. The van der Waals surface area contributed by atoms with Crippen LogP contribution in [0.3, 0.4) is 0 Å². The van der Waals surface area contributed by atoms with Crippen LogP contribution < -0.4 is 16.3 Å². The summed E-state index contributed by atoms with van der Waals surface area (Å²) in [7, 11) is 0. The first kappa shape index (κ1) is 36.6. The Bertz CT molecular complexity index is 2390. The van der Waals surface area contributed by atoms with Crippen LogP contribution >= 0.6 is 0 Å². The number of nitrogens with one attached hydrogen (secondary N) is 2. The van der Waals surface area contributed by atoms with Crippen LogP contribution in [0, 0.1) is 11.8 Å². The average molecular weight is 810 g/mol. The summed E-state index contributed by atoms with van der Waals surface area (Å²) in [5.74, 6) is 3.38. The van der Waals surface area contributed by atoms with E-state index in [1.54, 1.807) is 5.46 Å². The van der Waals surface area contributed by atoms with Gasteiger partial charge in [-0.3, -0.25) is 4.90 Å². The molecule has 2 N–H and O–H groups in total. The van der Waals surface area contributed by atoms with Gasteiger partial charge in [0.15, 0.2) is 6.71 Å². The summed E-state index contributed by atoms with van der Waals surface area (Å²) >= 11 is 0. The Morgan fingerprint density at radius 1 is 0.371 bits per heavy atom. The minimum Gasteiger partial charge on any atom is -0.289 e. The van der Waals surface area contributed by atoms with Gasteiger partial charge in [0, 0.05) is 54.1 Å². The molecular weight excluding hydrogens is 753 g/mol. The molecule has 5 saturated heterocycles. The summed E-state index contributed by atoms with van der Waals surface area (Å²) in [5.41, 5.74) is 18.0. The van der Waals surface area contributed by atoms with Crippen molar-refractivity contribution in [3.63, 3.8) is 0 Å². The highest BCUT2D eigenvalue weighted by atomic mass is 15.7. The van der Waals surface area contributed by atoms with E-state index in [1.807, 2.05) is 0 Å². The summed E-state index contributed by atoms with van der Waals surface area (Å²) in [6.45, 7) is 0.478. The number of nitrogens with zero attached hydrogens (tertiary/aromatic N) is 3. The second-order valence-electron chi connectivity index (χ2n) is 20.4. The summed E-state index contributed by atoms with van der Waals surface area (Å²) in [4.78, 5) is 3.35. The minimum atomic E-state index is 0.263. The maximum Gasteiger partial charge on any atom is 0.185 e. The van der Waals surface area contributed by atoms with Gasteiger partial charge in [0.1, 0.15) is 0 Å². The predicted octanol–water partition coefficient (Wildman–Crippen LogP) is 9.36. The Balaban J connectivity index is 1.02. The lowest BCUT2D eigenvalue weighted by molar-refractivity contribution is -0.205. The van der Waals surface area contributed by atoms with E-state index in [1.165, 1.54) is 53.5 Å². The second-order valence-corrected chi connectivity index (χ2v) is 20.4. The third-order valence-electron chi connectivity index (χ3n) is 18.1. The Morgan fingerprint density at radius 3 is 1.16 bits per heavy atom. The summed E-state index contributed by atoms with van der Waals surface area (Å²) in [6.07, 6.45) is 4.81. The molecule has 0 amide bonds. The van der Waals surface area contributed by atoms with Crippen molar-refractivity contribution in [3.8, 4) is 0 Å². The zero-order chi connectivity index (χ0) is 40.5. The van der Waals surface area contributed by atoms with Crippen LogP contribution in [0.4, 0.5) is 0 Å². The van der Waals surface area contributed by atoms with E-state index >= 15 is 0 Å². The number of hydrogen-bond donors (Lipinski definition) is 2. The smallest absolute Gasteiger partial charge is 0.185 e. The van der Waals surface area contributed by atoms with Crippen molar-refractivity contribution < 1.29 is 0 Å². The Labute approximate surface area is 367 Å². The molecular formula is C56H56BN5. The summed E-state index contributed by atoms with van der Waals surface area (Å²) < 4.78 is 0. The van der Waals surface area contributed by atoms with Gasteiger partial charge in [-0.05, 0) is 82.9 Å². The summed E-state index contributed by atoms with van der Waals surface area (Å²) in [5, 5.41) is 5.91. The van der Waals surface area contributed by atoms with Crippen molar-refractivity contribution in [2.24, 2.45) is 11.8 Å². The molecule has 14 rings (SSSR count). The first-order valence-electron chi connectivity index (χ1n) is 24.0. The fraction of sp³-hybridized carbons (Fsp3) is 0.357.